The molecule has 0 bridgehead atoms. The highest BCUT2D eigenvalue weighted by molar-refractivity contribution is 5.89. The van der Waals surface area contributed by atoms with Gasteiger partial charge in [0.15, 0.2) is 0 Å². The predicted octanol–water partition coefficient (Wildman–Crippen LogP) is 1.76. The average Bonchev–Trinajstić information content (AvgIpc) is 2.62. The van der Waals surface area contributed by atoms with Crippen molar-refractivity contribution < 1.29 is 14.3 Å². The van der Waals surface area contributed by atoms with Gasteiger partial charge in [0.25, 0.3) is 0 Å². The molecule has 25 heavy (non-hydrogen) atoms. The van der Waals surface area contributed by atoms with Crippen LogP contribution in [0.2, 0.25) is 0 Å². The molecule has 0 unspecified atom stereocenters. The second kappa shape index (κ2) is 9.27. The smallest absolute Gasteiger partial charge is 0.321 e. The third kappa shape index (κ3) is 5.94. The molecular formula is C18H28N4O3. The molecule has 1 aliphatic rings. The van der Waals surface area contributed by atoms with Crippen molar-refractivity contribution in [2.24, 2.45) is 0 Å². The molecule has 7 heteroatoms. The SMILES string of the molecule is CC[C@H](C)NC(=O)CN1CCN(C(=O)Nc2ccc(OC)cc2)CC1. The Hall–Kier alpha value is -2.28. The van der Waals surface area contributed by atoms with Crippen LogP contribution in [-0.2, 0) is 4.79 Å². The first-order chi connectivity index (χ1) is 12.0. The van der Waals surface area contributed by atoms with E-state index in [-0.39, 0.29) is 18.0 Å². The Morgan fingerprint density at radius 2 is 1.80 bits per heavy atom. The predicted molar refractivity (Wildman–Crippen MR) is 97.9 cm³/mol. The summed E-state index contributed by atoms with van der Waals surface area (Å²) in [6.07, 6.45) is 0.922. The molecule has 1 fully saturated rings. The molecule has 3 amide bonds. The number of nitrogens with zero attached hydrogens (tertiary/aromatic N) is 2. The summed E-state index contributed by atoms with van der Waals surface area (Å²) in [5.41, 5.74) is 0.737. The number of nitrogens with one attached hydrogen (secondary N) is 2. The maximum absolute atomic E-state index is 12.3. The second-order valence-electron chi connectivity index (χ2n) is 6.30. The molecule has 1 heterocycles. The molecule has 0 aromatic heterocycles. The number of hydrogen-bond acceptors (Lipinski definition) is 4. The van der Waals surface area contributed by atoms with E-state index in [9.17, 15) is 9.59 Å². The van der Waals surface area contributed by atoms with Crippen molar-refractivity contribution in [2.45, 2.75) is 26.3 Å². The van der Waals surface area contributed by atoms with Gasteiger partial charge in [0.2, 0.25) is 5.91 Å². The van der Waals surface area contributed by atoms with Crippen molar-refractivity contribution >= 4 is 17.6 Å². The summed E-state index contributed by atoms with van der Waals surface area (Å²) in [7, 11) is 1.61. The summed E-state index contributed by atoms with van der Waals surface area (Å²) in [4.78, 5) is 28.1. The second-order valence-corrected chi connectivity index (χ2v) is 6.30. The third-order valence-corrected chi connectivity index (χ3v) is 4.39. The summed E-state index contributed by atoms with van der Waals surface area (Å²) in [6.45, 7) is 7.05. The quantitative estimate of drug-likeness (QED) is 0.822. The van der Waals surface area contributed by atoms with Crippen LogP contribution in [0.3, 0.4) is 0 Å². The summed E-state index contributed by atoms with van der Waals surface area (Å²) in [5, 5.41) is 5.85. The number of amides is 3. The van der Waals surface area contributed by atoms with E-state index in [1.165, 1.54) is 0 Å². The first-order valence-electron chi connectivity index (χ1n) is 8.73. The number of ether oxygens (including phenoxy) is 1. The lowest BCUT2D eigenvalue weighted by Gasteiger charge is -2.34. The molecular weight excluding hydrogens is 320 g/mol. The van der Waals surface area contributed by atoms with Crippen molar-refractivity contribution in [3.05, 3.63) is 24.3 Å². The third-order valence-electron chi connectivity index (χ3n) is 4.39. The highest BCUT2D eigenvalue weighted by Gasteiger charge is 2.22. The van der Waals surface area contributed by atoms with E-state index in [1.807, 2.05) is 38.1 Å². The molecule has 1 aliphatic heterocycles. The van der Waals surface area contributed by atoms with Crippen LogP contribution in [0.25, 0.3) is 0 Å². The average molecular weight is 348 g/mol. The summed E-state index contributed by atoms with van der Waals surface area (Å²) < 4.78 is 5.10. The molecule has 2 N–H and O–H groups in total. The van der Waals surface area contributed by atoms with E-state index < -0.39 is 0 Å². The molecule has 0 aliphatic carbocycles. The molecule has 0 spiro atoms. The van der Waals surface area contributed by atoms with Gasteiger partial charge in [-0.3, -0.25) is 9.69 Å². The number of piperazine rings is 1. The molecule has 1 aromatic rings. The fraction of sp³-hybridized carbons (Fsp3) is 0.556. The molecule has 7 nitrogen and oxygen atoms in total. The Kier molecular flexibility index (Phi) is 7.06. The number of hydrogen-bond donors (Lipinski definition) is 2. The topological polar surface area (TPSA) is 73.9 Å². The number of methoxy groups -OCH3 is 1. The Morgan fingerprint density at radius 1 is 1.16 bits per heavy atom. The standard InChI is InChI=1S/C18H28N4O3/c1-4-14(2)19-17(23)13-21-9-11-22(12-10-21)18(24)20-15-5-7-16(25-3)8-6-15/h5-8,14H,4,9-13H2,1-3H3,(H,19,23)(H,20,24)/t14-/m0/s1. The molecule has 0 saturated carbocycles. The van der Waals surface area contributed by atoms with Gasteiger partial charge in [-0.1, -0.05) is 6.92 Å². The monoisotopic (exact) mass is 348 g/mol. The normalized spacial score (nSPS) is 16.2. The minimum atomic E-state index is -0.117. The lowest BCUT2D eigenvalue weighted by Crippen LogP contribution is -2.52. The number of rotatable bonds is 6. The minimum Gasteiger partial charge on any atom is -0.497 e. The zero-order valence-electron chi connectivity index (χ0n) is 15.2. The fourth-order valence-electron chi connectivity index (χ4n) is 2.61. The first-order valence-corrected chi connectivity index (χ1v) is 8.73. The Labute approximate surface area is 149 Å². The van der Waals surface area contributed by atoms with Crippen LogP contribution in [0.4, 0.5) is 10.5 Å². The molecule has 1 aromatic carbocycles. The van der Waals surface area contributed by atoms with Crippen LogP contribution in [0, 0.1) is 0 Å². The lowest BCUT2D eigenvalue weighted by atomic mass is 10.2. The van der Waals surface area contributed by atoms with Gasteiger partial charge in [-0.15, -0.1) is 0 Å². The highest BCUT2D eigenvalue weighted by atomic mass is 16.5. The molecule has 1 atom stereocenters. The van der Waals surface area contributed by atoms with Gasteiger partial charge < -0.3 is 20.3 Å². The van der Waals surface area contributed by atoms with Gasteiger partial charge >= 0.3 is 6.03 Å². The zero-order valence-corrected chi connectivity index (χ0v) is 15.2. The van der Waals surface area contributed by atoms with Crippen molar-refractivity contribution in [2.75, 3.05) is 45.2 Å². The van der Waals surface area contributed by atoms with Crippen LogP contribution >= 0.6 is 0 Å². The van der Waals surface area contributed by atoms with E-state index in [0.717, 1.165) is 17.9 Å². The van der Waals surface area contributed by atoms with E-state index in [1.54, 1.807) is 12.0 Å². The van der Waals surface area contributed by atoms with E-state index in [0.29, 0.717) is 32.7 Å². The van der Waals surface area contributed by atoms with Gasteiger partial charge in [-0.25, -0.2) is 4.79 Å². The fourth-order valence-corrected chi connectivity index (χ4v) is 2.61. The molecule has 138 valence electrons. The van der Waals surface area contributed by atoms with E-state index >= 15 is 0 Å². The van der Waals surface area contributed by atoms with E-state index in [2.05, 4.69) is 15.5 Å². The maximum atomic E-state index is 12.3. The van der Waals surface area contributed by atoms with Crippen molar-refractivity contribution in [3.8, 4) is 5.75 Å². The largest absolute Gasteiger partial charge is 0.497 e. The van der Waals surface area contributed by atoms with E-state index in [4.69, 9.17) is 4.74 Å². The number of anilines is 1. The zero-order chi connectivity index (χ0) is 18.2. The summed E-state index contributed by atoms with van der Waals surface area (Å²) in [5.74, 6) is 0.799. The van der Waals surface area contributed by atoms with Gasteiger partial charge in [0, 0.05) is 37.9 Å². The molecule has 0 radical (unpaired) electrons. The van der Waals surface area contributed by atoms with Crippen LogP contribution < -0.4 is 15.4 Å². The van der Waals surface area contributed by atoms with Gasteiger partial charge in [0.05, 0.1) is 13.7 Å². The number of carbonyl (C=O) groups is 2. The lowest BCUT2D eigenvalue weighted by molar-refractivity contribution is -0.123. The van der Waals surface area contributed by atoms with Gasteiger partial charge in [-0.05, 0) is 37.6 Å². The van der Waals surface area contributed by atoms with Gasteiger partial charge in [0.1, 0.15) is 5.75 Å². The van der Waals surface area contributed by atoms with Crippen LogP contribution in [0.1, 0.15) is 20.3 Å². The maximum Gasteiger partial charge on any atom is 0.321 e. The van der Waals surface area contributed by atoms with Crippen molar-refractivity contribution in [3.63, 3.8) is 0 Å². The molecule has 1 saturated heterocycles. The van der Waals surface area contributed by atoms with Crippen LogP contribution in [-0.4, -0.2) is 67.6 Å². The Bertz CT molecular complexity index is 568. The first kappa shape index (κ1) is 19.1. The summed E-state index contributed by atoms with van der Waals surface area (Å²) >= 11 is 0. The number of urea groups is 1. The Balaban J connectivity index is 1.75. The minimum absolute atomic E-state index is 0.0467. The molecule has 2 rings (SSSR count). The van der Waals surface area contributed by atoms with Crippen molar-refractivity contribution in [1.82, 2.24) is 15.1 Å². The highest BCUT2D eigenvalue weighted by Crippen LogP contribution is 2.15. The van der Waals surface area contributed by atoms with Crippen LogP contribution in [0.15, 0.2) is 24.3 Å². The van der Waals surface area contributed by atoms with Gasteiger partial charge in [-0.2, -0.15) is 0 Å². The number of benzene rings is 1. The Morgan fingerprint density at radius 3 is 2.36 bits per heavy atom. The number of carbonyl (C=O) groups excluding carboxylic acids is 2. The summed E-state index contributed by atoms with van der Waals surface area (Å²) in [6, 6.07) is 7.32. The van der Waals surface area contributed by atoms with Crippen molar-refractivity contribution in [1.29, 1.82) is 0 Å². The van der Waals surface area contributed by atoms with Crippen LogP contribution in [0.5, 0.6) is 5.75 Å².